The summed E-state index contributed by atoms with van der Waals surface area (Å²) in [4.78, 5) is 2.50. The maximum absolute atomic E-state index is 2.50. The summed E-state index contributed by atoms with van der Waals surface area (Å²) in [5.74, 6) is 0. The Kier molecular flexibility index (Phi) is 6.67. The maximum Gasteiger partial charge on any atom is 0.0347 e. The fourth-order valence-corrected chi connectivity index (χ4v) is 2.95. The molecule has 2 rings (SSSR count). The van der Waals surface area contributed by atoms with Crippen molar-refractivity contribution in [3.63, 3.8) is 0 Å². The van der Waals surface area contributed by atoms with E-state index in [0.717, 1.165) is 0 Å². The second-order valence-corrected chi connectivity index (χ2v) is 6.42. The quantitative estimate of drug-likeness (QED) is 0.583. The Morgan fingerprint density at radius 2 is 1.41 bits per heavy atom. The number of rotatable bonds is 8. The highest BCUT2D eigenvalue weighted by atomic mass is 15.1. The summed E-state index contributed by atoms with van der Waals surface area (Å²) in [5.41, 5.74) is 2.90. The van der Waals surface area contributed by atoms with Crippen LogP contribution in [0.5, 0.6) is 0 Å². The van der Waals surface area contributed by atoms with E-state index < -0.39 is 0 Å². The number of aryl methyl sites for hydroxylation is 1. The van der Waals surface area contributed by atoms with Gasteiger partial charge in [-0.15, -0.1) is 0 Å². The van der Waals surface area contributed by atoms with Crippen LogP contribution in [0.15, 0.2) is 60.7 Å². The van der Waals surface area contributed by atoms with Gasteiger partial charge in [0.2, 0.25) is 0 Å². The standard InChI is InChI=1S/C21H29N/c1-18(2)22(3)21(20-15-8-5-9-16-20)17-11-10-14-19-12-6-4-7-13-19/h4-9,12-13,15-16,18,21H,10-11,14,17H2,1-3H3. The smallest absolute Gasteiger partial charge is 0.0347 e. The first-order valence-corrected chi connectivity index (χ1v) is 8.49. The van der Waals surface area contributed by atoms with Crippen LogP contribution >= 0.6 is 0 Å². The van der Waals surface area contributed by atoms with Gasteiger partial charge in [-0.05, 0) is 51.3 Å². The van der Waals surface area contributed by atoms with E-state index in [2.05, 4.69) is 86.5 Å². The molecule has 0 spiro atoms. The van der Waals surface area contributed by atoms with Crippen molar-refractivity contribution in [2.75, 3.05) is 7.05 Å². The van der Waals surface area contributed by atoms with E-state index in [1.54, 1.807) is 0 Å². The van der Waals surface area contributed by atoms with Gasteiger partial charge in [-0.25, -0.2) is 0 Å². The minimum Gasteiger partial charge on any atom is -0.297 e. The van der Waals surface area contributed by atoms with Crippen LogP contribution in [0.25, 0.3) is 0 Å². The minimum absolute atomic E-state index is 0.525. The number of unbranched alkanes of at least 4 members (excludes halogenated alkanes) is 1. The molecular weight excluding hydrogens is 266 g/mol. The Balaban J connectivity index is 1.90. The molecule has 0 aliphatic rings. The van der Waals surface area contributed by atoms with Crippen molar-refractivity contribution in [1.29, 1.82) is 0 Å². The molecule has 0 radical (unpaired) electrons. The molecule has 1 atom stereocenters. The Bertz CT molecular complexity index is 518. The lowest BCUT2D eigenvalue weighted by Crippen LogP contribution is -2.31. The lowest BCUT2D eigenvalue weighted by Gasteiger charge is -2.32. The first-order chi connectivity index (χ1) is 10.7. The zero-order valence-electron chi connectivity index (χ0n) is 14.2. The lowest BCUT2D eigenvalue weighted by atomic mass is 9.97. The molecule has 0 bridgehead atoms. The van der Waals surface area contributed by atoms with Gasteiger partial charge in [0.25, 0.3) is 0 Å². The van der Waals surface area contributed by atoms with Crippen molar-refractivity contribution in [3.8, 4) is 0 Å². The summed E-state index contributed by atoms with van der Waals surface area (Å²) in [6.45, 7) is 4.56. The van der Waals surface area contributed by atoms with Gasteiger partial charge in [0.05, 0.1) is 0 Å². The van der Waals surface area contributed by atoms with Crippen LogP contribution in [0.3, 0.4) is 0 Å². The summed E-state index contributed by atoms with van der Waals surface area (Å²) in [5, 5.41) is 0. The second-order valence-electron chi connectivity index (χ2n) is 6.42. The predicted octanol–water partition coefficient (Wildman–Crippen LogP) is 5.48. The van der Waals surface area contributed by atoms with Gasteiger partial charge in [-0.3, -0.25) is 4.90 Å². The molecule has 0 aromatic heterocycles. The van der Waals surface area contributed by atoms with Gasteiger partial charge in [0.15, 0.2) is 0 Å². The Labute approximate surface area is 136 Å². The van der Waals surface area contributed by atoms with E-state index in [0.29, 0.717) is 12.1 Å². The molecule has 0 heterocycles. The highest BCUT2D eigenvalue weighted by Gasteiger charge is 2.18. The molecule has 22 heavy (non-hydrogen) atoms. The van der Waals surface area contributed by atoms with Crippen LogP contribution in [0.2, 0.25) is 0 Å². The Morgan fingerprint density at radius 1 is 0.818 bits per heavy atom. The maximum atomic E-state index is 2.50. The van der Waals surface area contributed by atoms with Crippen molar-refractivity contribution in [1.82, 2.24) is 4.90 Å². The van der Waals surface area contributed by atoms with Crippen molar-refractivity contribution in [2.45, 2.75) is 51.6 Å². The molecule has 0 saturated heterocycles. The highest BCUT2D eigenvalue weighted by molar-refractivity contribution is 5.19. The van der Waals surface area contributed by atoms with Crippen LogP contribution in [0.4, 0.5) is 0 Å². The van der Waals surface area contributed by atoms with Crippen molar-refractivity contribution in [3.05, 3.63) is 71.8 Å². The summed E-state index contributed by atoms with van der Waals surface area (Å²) < 4.78 is 0. The third-order valence-electron chi connectivity index (χ3n) is 4.53. The predicted molar refractivity (Wildman–Crippen MR) is 96.1 cm³/mol. The van der Waals surface area contributed by atoms with Gasteiger partial charge >= 0.3 is 0 Å². The van der Waals surface area contributed by atoms with Crippen LogP contribution in [0.1, 0.15) is 50.3 Å². The van der Waals surface area contributed by atoms with Gasteiger partial charge in [0, 0.05) is 12.1 Å². The fraction of sp³-hybridized carbons (Fsp3) is 0.429. The van der Waals surface area contributed by atoms with Crippen molar-refractivity contribution >= 4 is 0 Å². The third kappa shape index (κ3) is 4.99. The van der Waals surface area contributed by atoms with Gasteiger partial charge in [0.1, 0.15) is 0 Å². The van der Waals surface area contributed by atoms with Crippen LogP contribution in [-0.2, 0) is 6.42 Å². The van der Waals surface area contributed by atoms with Crippen molar-refractivity contribution < 1.29 is 0 Å². The van der Waals surface area contributed by atoms with E-state index in [1.807, 2.05) is 0 Å². The van der Waals surface area contributed by atoms with E-state index >= 15 is 0 Å². The molecule has 0 amide bonds. The zero-order valence-corrected chi connectivity index (χ0v) is 14.2. The van der Waals surface area contributed by atoms with E-state index in [4.69, 9.17) is 0 Å². The lowest BCUT2D eigenvalue weighted by molar-refractivity contribution is 0.183. The normalized spacial score (nSPS) is 12.8. The SMILES string of the molecule is CC(C)N(C)C(CCCCc1ccccc1)c1ccccc1. The number of nitrogens with zero attached hydrogens (tertiary/aromatic N) is 1. The summed E-state index contributed by atoms with van der Waals surface area (Å²) in [6.07, 6.45) is 4.95. The van der Waals surface area contributed by atoms with Gasteiger partial charge in [-0.1, -0.05) is 67.1 Å². The summed E-state index contributed by atoms with van der Waals surface area (Å²) in [7, 11) is 2.25. The highest BCUT2D eigenvalue weighted by Crippen LogP contribution is 2.27. The van der Waals surface area contributed by atoms with Gasteiger partial charge in [-0.2, -0.15) is 0 Å². The van der Waals surface area contributed by atoms with E-state index in [-0.39, 0.29) is 0 Å². The average molecular weight is 295 g/mol. The third-order valence-corrected chi connectivity index (χ3v) is 4.53. The first-order valence-electron chi connectivity index (χ1n) is 8.49. The molecule has 0 fully saturated rings. The zero-order chi connectivity index (χ0) is 15.8. The first kappa shape index (κ1) is 16.8. The summed E-state index contributed by atoms with van der Waals surface area (Å²) in [6, 6.07) is 22.9. The number of hydrogen-bond acceptors (Lipinski definition) is 1. The molecule has 0 N–H and O–H groups in total. The summed E-state index contributed by atoms with van der Waals surface area (Å²) >= 11 is 0. The number of hydrogen-bond donors (Lipinski definition) is 0. The van der Waals surface area contributed by atoms with Crippen LogP contribution in [-0.4, -0.2) is 18.0 Å². The minimum atomic E-state index is 0.525. The molecule has 2 aromatic rings. The molecule has 1 unspecified atom stereocenters. The molecular formula is C21H29N. The van der Waals surface area contributed by atoms with Gasteiger partial charge < -0.3 is 0 Å². The molecule has 118 valence electrons. The topological polar surface area (TPSA) is 3.24 Å². The molecule has 0 aliphatic heterocycles. The molecule has 2 aromatic carbocycles. The number of benzene rings is 2. The molecule has 0 aliphatic carbocycles. The Hall–Kier alpha value is -1.60. The largest absolute Gasteiger partial charge is 0.297 e. The monoisotopic (exact) mass is 295 g/mol. The van der Waals surface area contributed by atoms with E-state index in [9.17, 15) is 0 Å². The van der Waals surface area contributed by atoms with Crippen molar-refractivity contribution in [2.24, 2.45) is 0 Å². The molecule has 1 heteroatoms. The van der Waals surface area contributed by atoms with Crippen LogP contribution in [0, 0.1) is 0 Å². The fourth-order valence-electron chi connectivity index (χ4n) is 2.95. The molecule has 1 nitrogen and oxygen atoms in total. The molecule has 0 saturated carbocycles. The van der Waals surface area contributed by atoms with Crippen LogP contribution < -0.4 is 0 Å². The second kappa shape index (κ2) is 8.75. The average Bonchev–Trinajstić information content (AvgIpc) is 2.56. The van der Waals surface area contributed by atoms with E-state index in [1.165, 1.54) is 36.8 Å². The Morgan fingerprint density at radius 3 is 2.00 bits per heavy atom.